The van der Waals surface area contributed by atoms with Crippen molar-refractivity contribution in [3.05, 3.63) is 53.4 Å². The number of nitrogens with one attached hydrogen (secondary N) is 1. The van der Waals surface area contributed by atoms with E-state index in [2.05, 4.69) is 21.6 Å². The Morgan fingerprint density at radius 1 is 1.24 bits per heavy atom. The minimum atomic E-state index is -0.284. The smallest absolute Gasteiger partial charge is 0.321 e. The van der Waals surface area contributed by atoms with Gasteiger partial charge in [0, 0.05) is 28.0 Å². The third-order valence-corrected chi connectivity index (χ3v) is 3.10. The minimum Gasteiger partial charge on any atom is -0.408 e. The molecule has 3 aromatic rings. The van der Waals surface area contributed by atoms with Crippen LogP contribution in [0, 0.1) is 19.9 Å². The van der Waals surface area contributed by atoms with Gasteiger partial charge in [-0.1, -0.05) is 24.2 Å². The van der Waals surface area contributed by atoms with E-state index in [-0.39, 0.29) is 33.0 Å². The molecule has 1 aromatic heterocycles. The van der Waals surface area contributed by atoms with Crippen LogP contribution in [-0.4, -0.2) is 16.1 Å². The first kappa shape index (κ1) is 15.4. The molecule has 0 saturated carbocycles. The second kappa shape index (κ2) is 6.18. The molecule has 0 spiro atoms. The zero-order chi connectivity index (χ0) is 14.1. The van der Waals surface area contributed by atoms with Gasteiger partial charge in [0.15, 0.2) is 0 Å². The summed E-state index contributed by atoms with van der Waals surface area (Å²) in [6.45, 7) is 3.57. The fraction of sp³-hybridized carbons (Fsp3) is 0.133. The van der Waals surface area contributed by atoms with Crippen LogP contribution in [-0.2, 0) is 21.1 Å². The molecule has 1 N–H and O–H groups in total. The van der Waals surface area contributed by atoms with Crippen molar-refractivity contribution in [3.63, 3.8) is 0 Å². The van der Waals surface area contributed by atoms with E-state index < -0.39 is 0 Å². The number of fused-ring (bicyclic) bond motifs is 1. The molecule has 0 unspecified atom stereocenters. The predicted octanol–water partition coefficient (Wildman–Crippen LogP) is 2.89. The molecule has 3 rings (SSSR count). The van der Waals surface area contributed by atoms with E-state index in [0.29, 0.717) is 11.5 Å². The third kappa shape index (κ3) is 3.03. The number of carbonyl (C=O) groups excluding carboxylic acids is 1. The normalized spacial score (nSPS) is 10.2. The standard InChI is InChI=1S/C15H12N3O2.W/c1-9-12-6-4-3-5-11(12)7-8-13(9)14(19)16-15-18-17-10(2)20-15;/h3-6,8H,1-2H3,(H,16,18,19);/q-1;. The fourth-order valence-electron chi connectivity index (χ4n) is 2.09. The fourth-order valence-corrected chi connectivity index (χ4v) is 2.09. The summed E-state index contributed by atoms with van der Waals surface area (Å²) in [7, 11) is 0. The maximum absolute atomic E-state index is 12.2. The topological polar surface area (TPSA) is 68.0 Å². The van der Waals surface area contributed by atoms with Gasteiger partial charge in [0.05, 0.1) is 0 Å². The number of anilines is 1. The van der Waals surface area contributed by atoms with E-state index in [1.165, 1.54) is 0 Å². The SMILES string of the molecule is Cc1nnc(NC(=O)c2c[c-]c3ccccc3c2C)o1.[W]. The van der Waals surface area contributed by atoms with Crippen molar-refractivity contribution in [1.82, 2.24) is 10.2 Å². The summed E-state index contributed by atoms with van der Waals surface area (Å²) in [4.78, 5) is 12.2. The van der Waals surface area contributed by atoms with Gasteiger partial charge in [-0.25, -0.2) is 0 Å². The summed E-state index contributed by atoms with van der Waals surface area (Å²) >= 11 is 0. The third-order valence-electron chi connectivity index (χ3n) is 3.10. The summed E-state index contributed by atoms with van der Waals surface area (Å²) in [6.07, 6.45) is 0. The monoisotopic (exact) mass is 450 g/mol. The Kier molecular flexibility index (Phi) is 4.53. The molecular formula is C15H12N3O2W-. The van der Waals surface area contributed by atoms with Crippen molar-refractivity contribution >= 4 is 22.7 Å². The van der Waals surface area contributed by atoms with Gasteiger partial charge in [0.1, 0.15) is 0 Å². The Morgan fingerprint density at radius 2 is 2.00 bits per heavy atom. The van der Waals surface area contributed by atoms with Gasteiger partial charge in [-0.2, -0.15) is 0 Å². The van der Waals surface area contributed by atoms with E-state index in [1.807, 2.05) is 31.2 Å². The van der Waals surface area contributed by atoms with Crippen LogP contribution in [0.1, 0.15) is 21.8 Å². The molecular weight excluding hydrogens is 438 g/mol. The number of amides is 1. The van der Waals surface area contributed by atoms with Gasteiger partial charge in [0.2, 0.25) is 11.8 Å². The first-order chi connectivity index (χ1) is 9.65. The van der Waals surface area contributed by atoms with Crippen molar-refractivity contribution < 1.29 is 30.3 Å². The van der Waals surface area contributed by atoms with E-state index in [1.54, 1.807) is 13.0 Å². The van der Waals surface area contributed by atoms with Crippen molar-refractivity contribution in [2.75, 3.05) is 5.32 Å². The van der Waals surface area contributed by atoms with Crippen LogP contribution in [0.2, 0.25) is 0 Å². The average molecular weight is 450 g/mol. The number of rotatable bonds is 2. The summed E-state index contributed by atoms with van der Waals surface area (Å²) in [5.41, 5.74) is 1.44. The zero-order valence-electron chi connectivity index (χ0n) is 11.5. The molecule has 0 atom stereocenters. The van der Waals surface area contributed by atoms with Crippen molar-refractivity contribution in [3.8, 4) is 0 Å². The molecule has 1 heterocycles. The molecule has 1 amide bonds. The Labute approximate surface area is 136 Å². The Hall–Kier alpha value is -2.00. The van der Waals surface area contributed by atoms with Gasteiger partial charge in [-0.15, -0.1) is 45.7 Å². The molecule has 0 aliphatic heterocycles. The molecule has 0 aliphatic carbocycles. The van der Waals surface area contributed by atoms with Crippen LogP contribution >= 0.6 is 0 Å². The predicted molar refractivity (Wildman–Crippen MR) is 74.5 cm³/mol. The van der Waals surface area contributed by atoms with Crippen molar-refractivity contribution in [2.45, 2.75) is 13.8 Å². The van der Waals surface area contributed by atoms with Gasteiger partial charge >= 0.3 is 6.01 Å². The van der Waals surface area contributed by atoms with E-state index in [4.69, 9.17) is 4.42 Å². The number of hydrogen-bond acceptors (Lipinski definition) is 4. The Balaban J connectivity index is 0.00000161. The zero-order valence-corrected chi connectivity index (χ0v) is 14.4. The summed E-state index contributed by atoms with van der Waals surface area (Å²) in [5.74, 6) is 0.121. The number of benzene rings is 2. The maximum atomic E-state index is 12.2. The number of nitrogens with zero attached hydrogens (tertiary/aromatic N) is 2. The number of carbonyl (C=O) groups is 1. The van der Waals surface area contributed by atoms with Gasteiger partial charge < -0.3 is 4.42 Å². The second-order valence-electron chi connectivity index (χ2n) is 4.45. The summed E-state index contributed by atoms with van der Waals surface area (Å²) in [5, 5.41) is 12.0. The molecule has 0 bridgehead atoms. The Bertz CT molecular complexity index is 798. The van der Waals surface area contributed by atoms with Crippen LogP contribution in [0.15, 0.2) is 34.7 Å². The molecule has 2 aromatic carbocycles. The molecule has 106 valence electrons. The quantitative estimate of drug-likeness (QED) is 0.611. The van der Waals surface area contributed by atoms with Crippen LogP contribution in [0.5, 0.6) is 0 Å². The van der Waals surface area contributed by atoms with Crippen molar-refractivity contribution in [1.29, 1.82) is 0 Å². The van der Waals surface area contributed by atoms with Crippen LogP contribution in [0.4, 0.5) is 6.01 Å². The molecule has 0 fully saturated rings. The molecule has 0 aliphatic rings. The Morgan fingerprint density at radius 3 is 2.71 bits per heavy atom. The van der Waals surface area contributed by atoms with E-state index >= 15 is 0 Å². The molecule has 5 nitrogen and oxygen atoms in total. The average Bonchev–Trinajstić information content (AvgIpc) is 2.84. The first-order valence-corrected chi connectivity index (χ1v) is 6.16. The van der Waals surface area contributed by atoms with E-state index in [9.17, 15) is 4.79 Å². The largest absolute Gasteiger partial charge is 0.408 e. The van der Waals surface area contributed by atoms with Gasteiger partial charge in [-0.05, 0) is 5.56 Å². The van der Waals surface area contributed by atoms with Crippen LogP contribution in [0.3, 0.4) is 0 Å². The van der Waals surface area contributed by atoms with Gasteiger partial charge in [0.25, 0.3) is 0 Å². The molecule has 6 heteroatoms. The molecule has 0 radical (unpaired) electrons. The summed E-state index contributed by atoms with van der Waals surface area (Å²) < 4.78 is 5.14. The van der Waals surface area contributed by atoms with Crippen LogP contribution < -0.4 is 5.32 Å². The first-order valence-electron chi connectivity index (χ1n) is 6.16. The van der Waals surface area contributed by atoms with E-state index in [0.717, 1.165) is 16.3 Å². The second-order valence-corrected chi connectivity index (χ2v) is 4.45. The molecule has 21 heavy (non-hydrogen) atoms. The summed E-state index contributed by atoms with van der Waals surface area (Å²) in [6, 6.07) is 12.7. The number of aryl methyl sites for hydroxylation is 2. The van der Waals surface area contributed by atoms with Crippen LogP contribution in [0.25, 0.3) is 10.8 Å². The van der Waals surface area contributed by atoms with Gasteiger partial charge in [-0.3, -0.25) is 10.1 Å². The number of aromatic nitrogens is 2. The van der Waals surface area contributed by atoms with Crippen molar-refractivity contribution in [2.24, 2.45) is 0 Å². The number of hydrogen-bond donors (Lipinski definition) is 1. The molecule has 0 saturated heterocycles. The maximum Gasteiger partial charge on any atom is 0.321 e. The minimum absolute atomic E-state index is 0.